The third-order valence-corrected chi connectivity index (χ3v) is 11.1. The van der Waals surface area contributed by atoms with Crippen molar-refractivity contribution in [2.45, 2.75) is 238 Å². The second kappa shape index (κ2) is 39.9. The molecule has 3 atom stereocenters. The van der Waals surface area contributed by atoms with E-state index in [0.29, 0.717) is 6.42 Å². The fraction of sp³-hybridized carbons (Fsp3) is 0.930. The van der Waals surface area contributed by atoms with Crippen molar-refractivity contribution in [3.63, 3.8) is 0 Å². The van der Waals surface area contributed by atoms with Gasteiger partial charge in [0, 0.05) is 13.0 Å². The highest BCUT2D eigenvalue weighted by Crippen LogP contribution is 2.43. The topological polar surface area (TPSA) is 131 Å². The number of hydrogen-bond acceptors (Lipinski definition) is 6. The summed E-state index contributed by atoms with van der Waals surface area (Å²) in [6.07, 6.45) is 44.1. The minimum absolute atomic E-state index is 0.0813. The van der Waals surface area contributed by atoms with E-state index >= 15 is 0 Å². The third-order valence-electron chi connectivity index (χ3n) is 10.1. The van der Waals surface area contributed by atoms with Crippen LogP contribution in [0.15, 0.2) is 12.2 Å². The lowest BCUT2D eigenvalue weighted by atomic mass is 10.0. The van der Waals surface area contributed by atoms with E-state index in [1.807, 2.05) is 6.08 Å². The van der Waals surface area contributed by atoms with Crippen molar-refractivity contribution in [1.82, 2.24) is 5.32 Å². The van der Waals surface area contributed by atoms with Gasteiger partial charge in [-0.3, -0.25) is 13.8 Å². The first kappa shape index (κ1) is 51.2. The molecule has 9 heteroatoms. The number of rotatable bonds is 42. The molecule has 8 nitrogen and oxygen atoms in total. The first-order valence-corrected chi connectivity index (χ1v) is 23.8. The van der Waals surface area contributed by atoms with Gasteiger partial charge in [0.15, 0.2) is 0 Å². The maximum Gasteiger partial charge on any atom is 0.472 e. The Kier molecular flexibility index (Phi) is 39.3. The summed E-state index contributed by atoms with van der Waals surface area (Å²) in [6, 6.07) is -0.853. The summed E-state index contributed by atoms with van der Waals surface area (Å²) in [7, 11) is -4.33. The number of phosphoric acid groups is 1. The van der Waals surface area contributed by atoms with E-state index in [1.165, 1.54) is 167 Å². The molecular formula is C43H87N2O6P. The van der Waals surface area contributed by atoms with Gasteiger partial charge >= 0.3 is 7.82 Å². The van der Waals surface area contributed by atoms with Gasteiger partial charge in [-0.15, -0.1) is 0 Å². The van der Waals surface area contributed by atoms with Crippen LogP contribution in [0.25, 0.3) is 0 Å². The molecule has 310 valence electrons. The van der Waals surface area contributed by atoms with Crippen molar-refractivity contribution in [3.8, 4) is 0 Å². The molecule has 0 aromatic heterocycles. The number of unbranched alkanes of at least 4 members (excludes halogenated alkanes) is 30. The maximum atomic E-state index is 12.7. The lowest BCUT2D eigenvalue weighted by Gasteiger charge is -2.23. The van der Waals surface area contributed by atoms with Crippen molar-refractivity contribution in [2.24, 2.45) is 5.73 Å². The van der Waals surface area contributed by atoms with Crippen molar-refractivity contribution in [3.05, 3.63) is 12.2 Å². The third kappa shape index (κ3) is 37.6. The predicted octanol–water partition coefficient (Wildman–Crippen LogP) is 12.4. The van der Waals surface area contributed by atoms with Gasteiger partial charge in [0.25, 0.3) is 0 Å². The van der Waals surface area contributed by atoms with Crippen LogP contribution in [0.3, 0.4) is 0 Å². The molecule has 0 heterocycles. The molecule has 0 fully saturated rings. The van der Waals surface area contributed by atoms with Gasteiger partial charge in [-0.25, -0.2) is 4.57 Å². The summed E-state index contributed by atoms with van der Waals surface area (Å²) in [5.41, 5.74) is 5.37. The van der Waals surface area contributed by atoms with Gasteiger partial charge in [0.2, 0.25) is 5.91 Å². The summed E-state index contributed by atoms with van der Waals surface area (Å²) in [4.78, 5) is 22.7. The summed E-state index contributed by atoms with van der Waals surface area (Å²) in [5, 5.41) is 13.6. The van der Waals surface area contributed by atoms with E-state index in [1.54, 1.807) is 6.08 Å². The van der Waals surface area contributed by atoms with Gasteiger partial charge in [0.05, 0.1) is 25.4 Å². The predicted molar refractivity (Wildman–Crippen MR) is 222 cm³/mol. The quantitative estimate of drug-likeness (QED) is 0.0277. The molecule has 0 aromatic rings. The first-order valence-electron chi connectivity index (χ1n) is 22.3. The maximum absolute atomic E-state index is 12.7. The Morgan fingerprint density at radius 1 is 0.615 bits per heavy atom. The van der Waals surface area contributed by atoms with E-state index < -0.39 is 20.0 Å². The number of nitrogens with two attached hydrogens (primary N) is 1. The second-order valence-electron chi connectivity index (χ2n) is 15.3. The van der Waals surface area contributed by atoms with Crippen LogP contribution in [0.5, 0.6) is 0 Å². The number of hydrogen-bond donors (Lipinski definition) is 4. The Balaban J connectivity index is 4.08. The minimum Gasteiger partial charge on any atom is -0.387 e. The van der Waals surface area contributed by atoms with Crippen LogP contribution < -0.4 is 11.1 Å². The summed E-state index contributed by atoms with van der Waals surface area (Å²) in [6.45, 7) is 4.15. The van der Waals surface area contributed by atoms with E-state index in [2.05, 4.69) is 19.2 Å². The molecule has 0 bridgehead atoms. The fourth-order valence-corrected chi connectivity index (χ4v) is 7.48. The molecule has 0 saturated carbocycles. The molecule has 0 rings (SSSR count). The Labute approximate surface area is 322 Å². The standard InChI is InChI=1S/C43H87N2O6P/c1-3-5-7-9-11-13-15-17-18-19-20-21-22-23-24-25-27-29-31-33-35-37-43(47)45-41(40-51-52(48,49)50-39-38-44)42(46)36-34-32-30-28-26-16-14-12-10-8-6-4-2/h34,36,41-42,46H,3-33,35,37-40,44H2,1-2H3,(H,45,47)(H,48,49)/b36-34+. The van der Waals surface area contributed by atoms with Gasteiger partial charge in [-0.05, 0) is 19.3 Å². The van der Waals surface area contributed by atoms with Gasteiger partial charge in [-0.1, -0.05) is 212 Å². The number of phosphoric ester groups is 1. The molecule has 0 aromatic carbocycles. The van der Waals surface area contributed by atoms with E-state index in [-0.39, 0.29) is 25.7 Å². The zero-order valence-corrected chi connectivity index (χ0v) is 35.2. The molecule has 0 aliphatic carbocycles. The summed E-state index contributed by atoms with van der Waals surface area (Å²) < 4.78 is 22.1. The molecule has 0 aliphatic heterocycles. The highest BCUT2D eigenvalue weighted by atomic mass is 31.2. The van der Waals surface area contributed by atoms with E-state index in [0.717, 1.165) is 38.5 Å². The average molecular weight is 759 g/mol. The number of carbonyl (C=O) groups excluding carboxylic acids is 1. The Morgan fingerprint density at radius 2 is 0.981 bits per heavy atom. The zero-order valence-electron chi connectivity index (χ0n) is 34.3. The Morgan fingerprint density at radius 3 is 1.37 bits per heavy atom. The van der Waals surface area contributed by atoms with Crippen molar-refractivity contribution in [2.75, 3.05) is 19.8 Å². The molecule has 0 saturated heterocycles. The lowest BCUT2D eigenvalue weighted by Crippen LogP contribution is -2.45. The Bertz CT molecular complexity index is 829. The first-order chi connectivity index (χ1) is 25.4. The molecule has 3 unspecified atom stereocenters. The number of nitrogens with one attached hydrogen (secondary N) is 1. The largest absolute Gasteiger partial charge is 0.472 e. The minimum atomic E-state index is -4.33. The normalized spacial score (nSPS) is 14.2. The van der Waals surface area contributed by atoms with Crippen molar-refractivity contribution >= 4 is 13.7 Å². The van der Waals surface area contributed by atoms with Crippen LogP contribution in [0.4, 0.5) is 0 Å². The summed E-state index contributed by atoms with van der Waals surface area (Å²) in [5.74, 6) is -0.191. The number of carbonyl (C=O) groups is 1. The number of amides is 1. The van der Waals surface area contributed by atoms with Crippen LogP contribution in [0.1, 0.15) is 226 Å². The fourth-order valence-electron chi connectivity index (χ4n) is 6.72. The lowest BCUT2D eigenvalue weighted by molar-refractivity contribution is -0.123. The van der Waals surface area contributed by atoms with Crippen LogP contribution in [0.2, 0.25) is 0 Å². The number of aliphatic hydroxyl groups excluding tert-OH is 1. The zero-order chi connectivity index (χ0) is 38.2. The van der Waals surface area contributed by atoms with Gasteiger partial charge < -0.3 is 21.1 Å². The molecule has 5 N–H and O–H groups in total. The van der Waals surface area contributed by atoms with Crippen LogP contribution in [-0.4, -0.2) is 47.8 Å². The smallest absolute Gasteiger partial charge is 0.387 e. The molecular weight excluding hydrogens is 671 g/mol. The van der Waals surface area contributed by atoms with Crippen LogP contribution in [-0.2, 0) is 18.4 Å². The van der Waals surface area contributed by atoms with Crippen LogP contribution >= 0.6 is 7.82 Å². The Hall–Kier alpha value is -0.760. The molecule has 0 aliphatic rings. The van der Waals surface area contributed by atoms with Crippen LogP contribution in [0, 0.1) is 0 Å². The highest BCUT2D eigenvalue weighted by molar-refractivity contribution is 7.47. The monoisotopic (exact) mass is 759 g/mol. The SMILES string of the molecule is CCCCCCCCCCCC/C=C/C(O)C(COP(=O)(O)OCCN)NC(=O)CCCCCCCCCCCCCCCCCCCCCCC. The van der Waals surface area contributed by atoms with Gasteiger partial charge in [-0.2, -0.15) is 0 Å². The van der Waals surface area contributed by atoms with E-state index in [9.17, 15) is 19.4 Å². The highest BCUT2D eigenvalue weighted by Gasteiger charge is 2.26. The summed E-state index contributed by atoms with van der Waals surface area (Å²) >= 11 is 0. The molecule has 0 radical (unpaired) electrons. The van der Waals surface area contributed by atoms with Crippen molar-refractivity contribution in [1.29, 1.82) is 0 Å². The number of allylic oxidation sites excluding steroid dienone is 1. The number of aliphatic hydroxyl groups is 1. The molecule has 1 amide bonds. The molecule has 0 spiro atoms. The van der Waals surface area contributed by atoms with E-state index in [4.69, 9.17) is 14.8 Å². The average Bonchev–Trinajstić information content (AvgIpc) is 3.13. The van der Waals surface area contributed by atoms with Gasteiger partial charge in [0.1, 0.15) is 0 Å². The molecule has 52 heavy (non-hydrogen) atoms. The van der Waals surface area contributed by atoms with Crippen molar-refractivity contribution < 1.29 is 28.4 Å². The second-order valence-corrected chi connectivity index (χ2v) is 16.7.